The smallest absolute Gasteiger partial charge is 0.291 e. The summed E-state index contributed by atoms with van der Waals surface area (Å²) in [6.07, 6.45) is 3.17. The lowest BCUT2D eigenvalue weighted by molar-refractivity contribution is 0.0699. The lowest BCUT2D eigenvalue weighted by Gasteiger charge is -2.23. The number of benzene rings is 1. The normalized spacial score (nSPS) is 15.9. The van der Waals surface area contributed by atoms with Gasteiger partial charge in [0.15, 0.2) is 5.43 Å². The Bertz CT molecular complexity index is 1300. The summed E-state index contributed by atoms with van der Waals surface area (Å²) in [6, 6.07) is 11.5. The molecule has 0 bridgehead atoms. The van der Waals surface area contributed by atoms with Gasteiger partial charge in [0.2, 0.25) is 5.76 Å². The van der Waals surface area contributed by atoms with Crippen molar-refractivity contribution in [2.24, 2.45) is 0 Å². The van der Waals surface area contributed by atoms with Gasteiger partial charge < -0.3 is 13.7 Å². The van der Waals surface area contributed by atoms with Crippen LogP contribution >= 0.6 is 11.6 Å². The highest BCUT2D eigenvalue weighted by Crippen LogP contribution is 2.38. The molecule has 1 aliphatic rings. The molecular formula is C22H15ClN2O4. The predicted octanol–water partition coefficient (Wildman–Crippen LogP) is 4.49. The fraction of sp³-hybridized carbons (Fsp3) is 0.136. The number of furan rings is 1. The lowest BCUT2D eigenvalue weighted by Crippen LogP contribution is -2.29. The Hall–Kier alpha value is -3.38. The minimum atomic E-state index is -0.676. The number of amides is 1. The second-order valence-corrected chi connectivity index (χ2v) is 7.35. The number of aromatic nitrogens is 1. The molecule has 29 heavy (non-hydrogen) atoms. The van der Waals surface area contributed by atoms with E-state index in [9.17, 15) is 9.59 Å². The van der Waals surface area contributed by atoms with Crippen LogP contribution in [0.2, 0.25) is 5.02 Å². The summed E-state index contributed by atoms with van der Waals surface area (Å²) in [5, 5.41) is 0.809. The summed E-state index contributed by atoms with van der Waals surface area (Å²) in [7, 11) is 0. The van der Waals surface area contributed by atoms with Gasteiger partial charge >= 0.3 is 0 Å². The largest absolute Gasteiger partial charge is 0.467 e. The molecule has 7 heteroatoms. The summed E-state index contributed by atoms with van der Waals surface area (Å²) >= 11 is 6.23. The van der Waals surface area contributed by atoms with Crippen LogP contribution in [0, 0.1) is 6.92 Å². The number of pyridine rings is 1. The number of halogens is 1. The maximum Gasteiger partial charge on any atom is 0.291 e. The molecule has 0 saturated carbocycles. The van der Waals surface area contributed by atoms with E-state index in [4.69, 9.17) is 20.4 Å². The van der Waals surface area contributed by atoms with Crippen LogP contribution in [-0.4, -0.2) is 15.8 Å². The van der Waals surface area contributed by atoms with Crippen LogP contribution in [0.4, 0.5) is 0 Å². The van der Waals surface area contributed by atoms with E-state index < -0.39 is 6.04 Å². The minimum Gasteiger partial charge on any atom is -0.467 e. The maximum atomic E-state index is 13.4. The molecule has 0 N–H and O–H groups in total. The number of carbonyl (C=O) groups excluding carboxylic acids is 1. The Morgan fingerprint density at radius 1 is 1.17 bits per heavy atom. The fourth-order valence-electron chi connectivity index (χ4n) is 3.72. The molecule has 3 aromatic heterocycles. The Balaban J connectivity index is 1.77. The first-order valence-electron chi connectivity index (χ1n) is 9.05. The first kappa shape index (κ1) is 17.7. The quantitative estimate of drug-likeness (QED) is 0.501. The highest BCUT2D eigenvalue weighted by Gasteiger charge is 2.43. The molecular weight excluding hydrogens is 392 g/mol. The maximum absolute atomic E-state index is 13.4. The minimum absolute atomic E-state index is 0.0337. The molecule has 1 unspecified atom stereocenters. The van der Waals surface area contributed by atoms with E-state index in [-0.39, 0.29) is 29.2 Å². The van der Waals surface area contributed by atoms with Gasteiger partial charge in [-0.15, -0.1) is 0 Å². The topological polar surface area (TPSA) is 76.6 Å². The Labute approximate surface area is 170 Å². The molecule has 1 aromatic carbocycles. The average molecular weight is 407 g/mol. The molecule has 5 rings (SSSR count). The van der Waals surface area contributed by atoms with Gasteiger partial charge in [0.1, 0.15) is 17.4 Å². The number of nitrogens with zero attached hydrogens (tertiary/aromatic N) is 2. The number of hydrogen-bond donors (Lipinski definition) is 0. The molecule has 0 saturated heterocycles. The van der Waals surface area contributed by atoms with Gasteiger partial charge in [-0.05, 0) is 48.9 Å². The van der Waals surface area contributed by atoms with Crippen LogP contribution in [0.1, 0.15) is 39.2 Å². The second kappa shape index (κ2) is 6.60. The van der Waals surface area contributed by atoms with Crippen molar-refractivity contribution in [3.63, 3.8) is 0 Å². The third-order valence-corrected chi connectivity index (χ3v) is 5.53. The summed E-state index contributed by atoms with van der Waals surface area (Å²) in [6.45, 7) is 2.00. The first-order chi connectivity index (χ1) is 14.0. The van der Waals surface area contributed by atoms with Crippen molar-refractivity contribution in [1.82, 2.24) is 9.88 Å². The molecule has 4 heterocycles. The van der Waals surface area contributed by atoms with Crippen molar-refractivity contribution in [3.05, 3.63) is 98.5 Å². The van der Waals surface area contributed by atoms with E-state index in [1.807, 2.05) is 13.0 Å². The average Bonchev–Trinajstić information content (AvgIpc) is 3.32. The van der Waals surface area contributed by atoms with Gasteiger partial charge in [-0.1, -0.05) is 17.7 Å². The summed E-state index contributed by atoms with van der Waals surface area (Å²) in [4.78, 5) is 32.6. The molecule has 0 spiro atoms. The number of aryl methyl sites for hydroxylation is 1. The lowest BCUT2D eigenvalue weighted by atomic mass is 10.0. The zero-order valence-electron chi connectivity index (χ0n) is 15.4. The Morgan fingerprint density at radius 3 is 2.76 bits per heavy atom. The predicted molar refractivity (Wildman–Crippen MR) is 107 cm³/mol. The van der Waals surface area contributed by atoms with E-state index in [2.05, 4.69) is 4.98 Å². The molecule has 1 atom stereocenters. The first-order valence-corrected chi connectivity index (χ1v) is 9.43. The number of rotatable bonds is 3. The number of hydrogen-bond acceptors (Lipinski definition) is 5. The van der Waals surface area contributed by atoms with Gasteiger partial charge in [0.25, 0.3) is 5.91 Å². The molecule has 0 radical (unpaired) electrons. The van der Waals surface area contributed by atoms with Crippen LogP contribution in [0.15, 0.2) is 68.6 Å². The monoisotopic (exact) mass is 406 g/mol. The summed E-state index contributed by atoms with van der Waals surface area (Å²) in [5.74, 6) is 0.257. The Morgan fingerprint density at radius 2 is 2.03 bits per heavy atom. The molecule has 1 aliphatic heterocycles. The van der Waals surface area contributed by atoms with Gasteiger partial charge in [0.05, 0.1) is 29.5 Å². The molecule has 0 aliphatic carbocycles. The zero-order chi connectivity index (χ0) is 20.1. The van der Waals surface area contributed by atoms with Crippen molar-refractivity contribution >= 4 is 28.5 Å². The molecule has 6 nitrogen and oxygen atoms in total. The molecule has 4 aromatic rings. The van der Waals surface area contributed by atoms with Gasteiger partial charge in [-0.25, -0.2) is 0 Å². The SMILES string of the molecule is Cc1cc2oc3c(c(=O)c2cc1Cl)C(c1ccccn1)N(Cc1ccco1)C3=O. The van der Waals surface area contributed by atoms with Crippen LogP contribution in [-0.2, 0) is 6.54 Å². The van der Waals surface area contributed by atoms with Crippen molar-refractivity contribution in [2.75, 3.05) is 0 Å². The molecule has 1 amide bonds. The van der Waals surface area contributed by atoms with Crippen molar-refractivity contribution in [2.45, 2.75) is 19.5 Å². The number of fused-ring (bicyclic) bond motifs is 2. The van der Waals surface area contributed by atoms with Gasteiger partial charge in [-0.3, -0.25) is 14.6 Å². The van der Waals surface area contributed by atoms with E-state index in [0.29, 0.717) is 27.4 Å². The van der Waals surface area contributed by atoms with E-state index in [0.717, 1.165) is 5.56 Å². The van der Waals surface area contributed by atoms with Gasteiger partial charge in [0, 0.05) is 11.2 Å². The standard InChI is InChI=1S/C22H15ClN2O4/c1-12-9-17-14(10-15(12)23)20(26)18-19(16-6-2-3-7-24-16)25(22(27)21(18)29-17)11-13-5-4-8-28-13/h2-10,19H,11H2,1H3. The third kappa shape index (κ3) is 2.76. The number of carbonyl (C=O) groups is 1. The highest BCUT2D eigenvalue weighted by atomic mass is 35.5. The Kier molecular flexibility index (Phi) is 4.03. The summed E-state index contributed by atoms with van der Waals surface area (Å²) in [5.41, 5.74) is 1.67. The van der Waals surface area contributed by atoms with Crippen LogP contribution in [0.5, 0.6) is 0 Å². The van der Waals surface area contributed by atoms with E-state index >= 15 is 0 Å². The van der Waals surface area contributed by atoms with E-state index in [1.54, 1.807) is 53.8 Å². The van der Waals surface area contributed by atoms with Crippen molar-refractivity contribution < 1.29 is 13.6 Å². The van der Waals surface area contributed by atoms with Crippen LogP contribution in [0.25, 0.3) is 11.0 Å². The fourth-order valence-corrected chi connectivity index (χ4v) is 3.88. The summed E-state index contributed by atoms with van der Waals surface area (Å²) < 4.78 is 11.4. The van der Waals surface area contributed by atoms with Crippen LogP contribution < -0.4 is 5.43 Å². The van der Waals surface area contributed by atoms with Gasteiger partial charge in [-0.2, -0.15) is 0 Å². The third-order valence-electron chi connectivity index (χ3n) is 5.12. The van der Waals surface area contributed by atoms with Crippen LogP contribution in [0.3, 0.4) is 0 Å². The van der Waals surface area contributed by atoms with Crippen molar-refractivity contribution in [1.29, 1.82) is 0 Å². The van der Waals surface area contributed by atoms with E-state index in [1.165, 1.54) is 0 Å². The molecule has 144 valence electrons. The van der Waals surface area contributed by atoms with Crippen molar-refractivity contribution in [3.8, 4) is 0 Å². The molecule has 0 fully saturated rings. The second-order valence-electron chi connectivity index (χ2n) is 6.94. The zero-order valence-corrected chi connectivity index (χ0v) is 16.1. The highest BCUT2D eigenvalue weighted by molar-refractivity contribution is 6.32.